The van der Waals surface area contributed by atoms with Gasteiger partial charge < -0.3 is 14.2 Å². The van der Waals surface area contributed by atoms with Crippen LogP contribution in [0.1, 0.15) is 233 Å². The molecule has 0 bridgehead atoms. The van der Waals surface area contributed by atoms with Crippen molar-refractivity contribution in [1.82, 2.24) is 0 Å². The van der Waals surface area contributed by atoms with Crippen LogP contribution in [0.5, 0.6) is 0 Å². The fourth-order valence-corrected chi connectivity index (χ4v) is 7.24. The molecule has 0 aliphatic rings. The molecule has 0 radical (unpaired) electrons. The first-order valence-corrected chi connectivity index (χ1v) is 27.0. The minimum absolute atomic E-state index is 0.103. The molecule has 6 nitrogen and oxygen atoms in total. The smallest absolute Gasteiger partial charge is 0.306 e. The van der Waals surface area contributed by atoms with Crippen LogP contribution in [0.4, 0.5) is 0 Å². The predicted molar refractivity (Wildman–Crippen MR) is 283 cm³/mol. The van der Waals surface area contributed by atoms with Crippen molar-refractivity contribution in [3.05, 3.63) is 109 Å². The van der Waals surface area contributed by atoms with Crippen LogP contribution in [0.3, 0.4) is 0 Å². The van der Waals surface area contributed by atoms with Crippen molar-refractivity contribution < 1.29 is 28.6 Å². The highest BCUT2D eigenvalue weighted by molar-refractivity contribution is 5.71. The average molecular weight is 915 g/mol. The summed E-state index contributed by atoms with van der Waals surface area (Å²) < 4.78 is 16.8. The summed E-state index contributed by atoms with van der Waals surface area (Å²) >= 11 is 0. The Morgan fingerprint density at radius 3 is 0.939 bits per heavy atom. The number of allylic oxidation sites excluding steroid dienone is 18. The summed E-state index contributed by atoms with van der Waals surface area (Å²) in [5.74, 6) is -0.969. The molecule has 0 aromatic heterocycles. The average Bonchev–Trinajstić information content (AvgIpc) is 3.31. The SMILES string of the molecule is CC/C=C/C=C/C=C/C=C/C=C/C=C/CCCCCC(=O)OC(COC(=O)CCCCCCC/C=C/C=C/C=C/CC)COC(=O)CCCCCCCCCCCCCCCCCCCC. The Hall–Kier alpha value is -3.93. The molecule has 0 aliphatic heterocycles. The van der Waals surface area contributed by atoms with E-state index in [0.29, 0.717) is 19.3 Å². The molecule has 0 aliphatic carbocycles. The van der Waals surface area contributed by atoms with Crippen molar-refractivity contribution in [3.63, 3.8) is 0 Å². The molecule has 0 spiro atoms. The third-order valence-corrected chi connectivity index (χ3v) is 11.2. The monoisotopic (exact) mass is 915 g/mol. The second-order valence-corrected chi connectivity index (χ2v) is 17.6. The van der Waals surface area contributed by atoms with Gasteiger partial charge in [-0.2, -0.15) is 0 Å². The van der Waals surface area contributed by atoms with Gasteiger partial charge in [0, 0.05) is 19.3 Å². The Balaban J connectivity index is 4.48. The lowest BCUT2D eigenvalue weighted by Gasteiger charge is -2.18. The first-order valence-electron chi connectivity index (χ1n) is 27.0. The van der Waals surface area contributed by atoms with Gasteiger partial charge in [0.1, 0.15) is 13.2 Å². The Morgan fingerprint density at radius 2 is 0.591 bits per heavy atom. The zero-order valence-corrected chi connectivity index (χ0v) is 42.7. The van der Waals surface area contributed by atoms with Gasteiger partial charge in [-0.25, -0.2) is 0 Å². The van der Waals surface area contributed by atoms with E-state index in [1.165, 1.54) is 96.3 Å². The van der Waals surface area contributed by atoms with E-state index < -0.39 is 6.10 Å². The number of carbonyl (C=O) groups excluding carboxylic acids is 3. The first kappa shape index (κ1) is 62.1. The number of unbranched alkanes of at least 4 members (excludes halogenated alkanes) is 25. The van der Waals surface area contributed by atoms with Crippen LogP contribution in [-0.2, 0) is 28.6 Å². The van der Waals surface area contributed by atoms with Gasteiger partial charge in [0.25, 0.3) is 0 Å². The molecule has 0 aromatic carbocycles. The zero-order valence-electron chi connectivity index (χ0n) is 42.7. The summed E-state index contributed by atoms with van der Waals surface area (Å²) in [7, 11) is 0. The molecular formula is C60H98O6. The van der Waals surface area contributed by atoms with Crippen molar-refractivity contribution in [1.29, 1.82) is 0 Å². The summed E-state index contributed by atoms with van der Waals surface area (Å²) in [6.45, 7) is 6.31. The quantitative estimate of drug-likeness (QED) is 0.0262. The van der Waals surface area contributed by atoms with E-state index in [1.807, 2.05) is 60.8 Å². The van der Waals surface area contributed by atoms with Crippen LogP contribution >= 0.6 is 0 Å². The largest absolute Gasteiger partial charge is 0.462 e. The van der Waals surface area contributed by atoms with Crippen molar-refractivity contribution in [2.24, 2.45) is 0 Å². The second kappa shape index (κ2) is 53.7. The molecular weight excluding hydrogens is 817 g/mol. The normalized spacial score (nSPS) is 13.0. The molecule has 0 rings (SSSR count). The lowest BCUT2D eigenvalue weighted by Crippen LogP contribution is -2.30. The number of hydrogen-bond acceptors (Lipinski definition) is 6. The minimum Gasteiger partial charge on any atom is -0.462 e. The van der Waals surface area contributed by atoms with E-state index in [2.05, 4.69) is 69.4 Å². The van der Waals surface area contributed by atoms with Crippen molar-refractivity contribution in [2.45, 2.75) is 239 Å². The van der Waals surface area contributed by atoms with E-state index in [9.17, 15) is 14.4 Å². The molecule has 0 N–H and O–H groups in total. The highest BCUT2D eigenvalue weighted by atomic mass is 16.6. The first-order chi connectivity index (χ1) is 32.5. The maximum absolute atomic E-state index is 12.8. The highest BCUT2D eigenvalue weighted by Gasteiger charge is 2.19. The third-order valence-electron chi connectivity index (χ3n) is 11.2. The molecule has 1 unspecified atom stereocenters. The molecule has 0 heterocycles. The van der Waals surface area contributed by atoms with E-state index in [1.54, 1.807) is 0 Å². The van der Waals surface area contributed by atoms with Gasteiger partial charge in [-0.05, 0) is 57.8 Å². The third kappa shape index (κ3) is 51.1. The lowest BCUT2D eigenvalue weighted by atomic mass is 10.0. The number of rotatable bonds is 47. The Morgan fingerprint density at radius 1 is 0.318 bits per heavy atom. The fourth-order valence-electron chi connectivity index (χ4n) is 7.24. The van der Waals surface area contributed by atoms with Crippen LogP contribution in [0.15, 0.2) is 109 Å². The number of ether oxygens (including phenoxy) is 3. The van der Waals surface area contributed by atoms with Gasteiger partial charge >= 0.3 is 17.9 Å². The van der Waals surface area contributed by atoms with E-state index in [0.717, 1.165) is 89.9 Å². The highest BCUT2D eigenvalue weighted by Crippen LogP contribution is 2.16. The van der Waals surface area contributed by atoms with Gasteiger partial charge in [-0.1, -0.05) is 265 Å². The predicted octanol–water partition coefficient (Wildman–Crippen LogP) is 17.9. The van der Waals surface area contributed by atoms with E-state index in [4.69, 9.17) is 14.2 Å². The van der Waals surface area contributed by atoms with E-state index >= 15 is 0 Å². The Labute approximate surface area is 406 Å². The number of hydrogen-bond donors (Lipinski definition) is 0. The van der Waals surface area contributed by atoms with Gasteiger partial charge in [0.15, 0.2) is 6.10 Å². The van der Waals surface area contributed by atoms with Crippen molar-refractivity contribution in [2.75, 3.05) is 13.2 Å². The molecule has 66 heavy (non-hydrogen) atoms. The van der Waals surface area contributed by atoms with Gasteiger partial charge in [0.2, 0.25) is 0 Å². The maximum Gasteiger partial charge on any atom is 0.306 e. The van der Waals surface area contributed by atoms with Gasteiger partial charge in [-0.3, -0.25) is 14.4 Å². The van der Waals surface area contributed by atoms with Crippen molar-refractivity contribution in [3.8, 4) is 0 Å². The van der Waals surface area contributed by atoms with Crippen LogP contribution in [0.25, 0.3) is 0 Å². The minimum atomic E-state index is -0.810. The molecule has 374 valence electrons. The lowest BCUT2D eigenvalue weighted by molar-refractivity contribution is -0.167. The summed E-state index contributed by atoms with van der Waals surface area (Å²) in [6.07, 6.45) is 72.2. The van der Waals surface area contributed by atoms with Crippen LogP contribution in [0.2, 0.25) is 0 Å². The second-order valence-electron chi connectivity index (χ2n) is 17.6. The molecule has 0 saturated heterocycles. The molecule has 6 heteroatoms. The molecule has 0 fully saturated rings. The van der Waals surface area contributed by atoms with Crippen molar-refractivity contribution >= 4 is 17.9 Å². The van der Waals surface area contributed by atoms with Crippen LogP contribution in [-0.4, -0.2) is 37.2 Å². The maximum atomic E-state index is 12.8. The van der Waals surface area contributed by atoms with Crippen LogP contribution < -0.4 is 0 Å². The Kier molecular flexibility index (Phi) is 50.5. The van der Waals surface area contributed by atoms with Crippen LogP contribution in [0, 0.1) is 0 Å². The summed E-state index contributed by atoms with van der Waals surface area (Å²) in [5, 5.41) is 0. The molecule has 1 atom stereocenters. The standard InChI is InChI=1S/C60H98O6/c1-4-7-10-13-16-19-22-25-27-29-31-32-35-38-41-44-47-50-53-59(62)65-56-57(55-64-58(61)52-49-46-43-40-37-34-24-21-18-15-12-9-6-3)66-60(63)54-51-48-45-42-39-36-33-30-28-26-23-20-17-14-11-8-5-2/h8-9,11-12,14-15,17-18,20-21,23-24,26,28,30,33,36,39,57H,4-7,10,13,16,19,22,25,27,29,31-32,34-35,37-38,40-56H2,1-3H3/b11-8+,12-9+,17-14+,18-15+,23-20+,24-21+,28-26+,33-30+,39-36+. The van der Waals surface area contributed by atoms with E-state index in [-0.39, 0.29) is 37.5 Å². The Bertz CT molecular complexity index is 1370. The number of esters is 3. The molecule has 0 amide bonds. The molecule has 0 saturated carbocycles. The molecule has 0 aromatic rings. The topological polar surface area (TPSA) is 78.9 Å². The zero-order chi connectivity index (χ0) is 47.9. The fraction of sp³-hybridized carbons (Fsp3) is 0.650. The van der Waals surface area contributed by atoms with Gasteiger partial charge in [0.05, 0.1) is 0 Å². The summed E-state index contributed by atoms with van der Waals surface area (Å²) in [4.78, 5) is 38.1. The summed E-state index contributed by atoms with van der Waals surface area (Å²) in [5.41, 5.74) is 0. The van der Waals surface area contributed by atoms with Gasteiger partial charge in [-0.15, -0.1) is 0 Å². The summed E-state index contributed by atoms with van der Waals surface area (Å²) in [6, 6.07) is 0. The number of carbonyl (C=O) groups is 3.